The van der Waals surface area contributed by atoms with Crippen molar-refractivity contribution >= 4 is 0 Å². The number of ether oxygens (including phenoxy) is 2. The molecule has 4 nitrogen and oxygen atoms in total. The molecule has 0 bridgehead atoms. The highest BCUT2D eigenvalue weighted by molar-refractivity contribution is 5.42. The molecule has 0 spiro atoms. The molecule has 0 aliphatic heterocycles. The number of furan rings is 1. The van der Waals surface area contributed by atoms with Crippen LogP contribution in [0.25, 0.3) is 0 Å². The summed E-state index contributed by atoms with van der Waals surface area (Å²) in [5, 5.41) is 2.36. The summed E-state index contributed by atoms with van der Waals surface area (Å²) in [6.45, 7) is 10.6. The molecule has 0 amide bonds. The maximum absolute atomic E-state index is 5.79. The third-order valence-corrected chi connectivity index (χ3v) is 4.73. The topological polar surface area (TPSA) is 48.2 Å². The molecule has 150 valence electrons. The molecule has 2 aromatic rings. The van der Waals surface area contributed by atoms with E-state index in [-0.39, 0.29) is 6.10 Å². The summed E-state index contributed by atoms with van der Waals surface area (Å²) in [6, 6.07) is 10.3. The molecule has 1 heterocycles. The molecule has 1 aromatic heterocycles. The van der Waals surface area contributed by atoms with Crippen molar-refractivity contribution in [3.8, 4) is 11.5 Å². The van der Waals surface area contributed by atoms with Gasteiger partial charge in [-0.15, -0.1) is 0 Å². The SMILES string of the molecule is COc1cc(C[NH2+]CC[C@@H](CCC(C)C)c2ccco2)ccc1OC(C)C. The van der Waals surface area contributed by atoms with E-state index in [0.717, 1.165) is 42.7 Å². The molecule has 2 N–H and O–H groups in total. The van der Waals surface area contributed by atoms with Crippen LogP contribution in [-0.2, 0) is 6.54 Å². The minimum absolute atomic E-state index is 0.140. The Kier molecular flexibility index (Phi) is 8.73. The van der Waals surface area contributed by atoms with Crippen molar-refractivity contribution in [2.45, 2.75) is 65.5 Å². The van der Waals surface area contributed by atoms with Gasteiger partial charge in [0.15, 0.2) is 11.5 Å². The second-order valence-corrected chi connectivity index (χ2v) is 7.91. The smallest absolute Gasteiger partial charge is 0.161 e. The van der Waals surface area contributed by atoms with Crippen molar-refractivity contribution in [1.82, 2.24) is 0 Å². The van der Waals surface area contributed by atoms with Gasteiger partial charge in [-0.05, 0) is 56.5 Å². The summed E-state index contributed by atoms with van der Waals surface area (Å²) in [7, 11) is 1.69. The highest BCUT2D eigenvalue weighted by Gasteiger charge is 2.16. The number of hydrogen-bond donors (Lipinski definition) is 1. The third-order valence-electron chi connectivity index (χ3n) is 4.73. The zero-order chi connectivity index (χ0) is 19.6. The lowest BCUT2D eigenvalue weighted by Crippen LogP contribution is -2.82. The molecule has 0 saturated heterocycles. The Bertz CT molecular complexity index is 650. The van der Waals surface area contributed by atoms with Crippen LogP contribution in [0.15, 0.2) is 41.0 Å². The molecule has 0 aliphatic rings. The van der Waals surface area contributed by atoms with Gasteiger partial charge in [-0.1, -0.05) is 20.3 Å². The van der Waals surface area contributed by atoms with Crippen LogP contribution < -0.4 is 14.8 Å². The number of rotatable bonds is 12. The molecule has 27 heavy (non-hydrogen) atoms. The maximum atomic E-state index is 5.79. The fourth-order valence-corrected chi connectivity index (χ4v) is 3.26. The van der Waals surface area contributed by atoms with E-state index in [1.807, 2.05) is 26.0 Å². The van der Waals surface area contributed by atoms with Crippen molar-refractivity contribution in [2.75, 3.05) is 13.7 Å². The molecule has 0 aliphatic carbocycles. The molecular formula is C23H36NO3+. The molecule has 1 atom stereocenters. The van der Waals surface area contributed by atoms with Crippen LogP contribution >= 0.6 is 0 Å². The highest BCUT2D eigenvalue weighted by atomic mass is 16.5. The Hall–Kier alpha value is -1.94. The number of methoxy groups -OCH3 is 1. The van der Waals surface area contributed by atoms with Crippen LogP contribution in [0.4, 0.5) is 0 Å². The summed E-state index contributed by atoms with van der Waals surface area (Å²) in [6.07, 6.45) is 5.48. The van der Waals surface area contributed by atoms with E-state index in [2.05, 4.69) is 37.4 Å². The lowest BCUT2D eigenvalue weighted by atomic mass is 9.93. The summed E-state index contributed by atoms with van der Waals surface area (Å²) >= 11 is 0. The molecule has 0 unspecified atom stereocenters. The zero-order valence-corrected chi connectivity index (χ0v) is 17.5. The largest absolute Gasteiger partial charge is 0.493 e. The van der Waals surface area contributed by atoms with Crippen molar-refractivity contribution in [1.29, 1.82) is 0 Å². The monoisotopic (exact) mass is 374 g/mol. The van der Waals surface area contributed by atoms with Crippen LogP contribution in [0, 0.1) is 5.92 Å². The quantitative estimate of drug-likeness (QED) is 0.546. The van der Waals surface area contributed by atoms with E-state index in [4.69, 9.17) is 13.9 Å². The van der Waals surface area contributed by atoms with Gasteiger partial charge in [0.2, 0.25) is 0 Å². The van der Waals surface area contributed by atoms with E-state index < -0.39 is 0 Å². The Morgan fingerprint density at radius 2 is 1.81 bits per heavy atom. The van der Waals surface area contributed by atoms with E-state index >= 15 is 0 Å². The van der Waals surface area contributed by atoms with Gasteiger partial charge in [0.25, 0.3) is 0 Å². The lowest BCUT2D eigenvalue weighted by Gasteiger charge is -2.16. The molecule has 0 radical (unpaired) electrons. The fourth-order valence-electron chi connectivity index (χ4n) is 3.26. The van der Waals surface area contributed by atoms with Crippen LogP contribution in [-0.4, -0.2) is 19.8 Å². The molecule has 1 aromatic carbocycles. The van der Waals surface area contributed by atoms with E-state index in [1.165, 1.54) is 18.4 Å². The molecule has 0 saturated carbocycles. The Morgan fingerprint density at radius 1 is 1.00 bits per heavy atom. The van der Waals surface area contributed by atoms with Crippen LogP contribution in [0.3, 0.4) is 0 Å². The minimum atomic E-state index is 0.140. The van der Waals surface area contributed by atoms with Crippen LogP contribution in [0.1, 0.15) is 64.2 Å². The number of hydrogen-bond acceptors (Lipinski definition) is 3. The third kappa shape index (κ3) is 7.30. The second kappa shape index (κ2) is 11.0. The second-order valence-electron chi connectivity index (χ2n) is 7.91. The lowest BCUT2D eigenvalue weighted by molar-refractivity contribution is -0.671. The van der Waals surface area contributed by atoms with Crippen molar-refractivity contribution < 1.29 is 19.2 Å². The summed E-state index contributed by atoms with van der Waals surface area (Å²) < 4.78 is 16.9. The maximum Gasteiger partial charge on any atom is 0.161 e. The summed E-state index contributed by atoms with van der Waals surface area (Å²) in [4.78, 5) is 0. The fraction of sp³-hybridized carbons (Fsp3) is 0.565. The zero-order valence-electron chi connectivity index (χ0n) is 17.5. The Labute approximate surface area is 164 Å². The standard InChI is InChI=1S/C23H35NO3/c1-17(2)8-10-20(21-7-6-14-26-21)12-13-24-16-19-9-11-22(27-18(3)4)23(15-19)25-5/h6-7,9,11,14-15,17-18,20,24H,8,10,12-13,16H2,1-5H3/p+1/t20-/m1/s1. The van der Waals surface area contributed by atoms with E-state index in [9.17, 15) is 0 Å². The van der Waals surface area contributed by atoms with Crippen molar-refractivity contribution in [3.05, 3.63) is 47.9 Å². The average Bonchev–Trinajstić information content (AvgIpc) is 3.16. The highest BCUT2D eigenvalue weighted by Crippen LogP contribution is 2.29. The Balaban J connectivity index is 1.85. The van der Waals surface area contributed by atoms with Gasteiger partial charge in [-0.25, -0.2) is 0 Å². The number of nitrogens with two attached hydrogens (primary N) is 1. The predicted molar refractivity (Wildman–Crippen MR) is 109 cm³/mol. The first kappa shape index (κ1) is 21.4. The number of quaternary nitrogens is 1. The predicted octanol–water partition coefficient (Wildman–Crippen LogP) is 4.75. The van der Waals surface area contributed by atoms with Gasteiger partial charge >= 0.3 is 0 Å². The van der Waals surface area contributed by atoms with Crippen LogP contribution in [0.2, 0.25) is 0 Å². The average molecular weight is 375 g/mol. The minimum Gasteiger partial charge on any atom is -0.493 e. The van der Waals surface area contributed by atoms with Crippen LogP contribution in [0.5, 0.6) is 11.5 Å². The van der Waals surface area contributed by atoms with Gasteiger partial charge in [-0.2, -0.15) is 0 Å². The summed E-state index contributed by atoms with van der Waals surface area (Å²) in [5.41, 5.74) is 1.25. The molecule has 0 fully saturated rings. The Morgan fingerprint density at radius 3 is 2.44 bits per heavy atom. The van der Waals surface area contributed by atoms with Gasteiger partial charge in [0.1, 0.15) is 12.3 Å². The van der Waals surface area contributed by atoms with E-state index in [0.29, 0.717) is 5.92 Å². The molecule has 4 heteroatoms. The summed E-state index contributed by atoms with van der Waals surface area (Å²) in [5.74, 6) is 3.98. The van der Waals surface area contributed by atoms with E-state index in [1.54, 1.807) is 13.4 Å². The van der Waals surface area contributed by atoms with Gasteiger partial charge < -0.3 is 19.2 Å². The first-order valence-electron chi connectivity index (χ1n) is 10.2. The van der Waals surface area contributed by atoms with Crippen molar-refractivity contribution in [3.63, 3.8) is 0 Å². The van der Waals surface area contributed by atoms with Gasteiger partial charge in [0, 0.05) is 17.9 Å². The molecular weight excluding hydrogens is 338 g/mol. The van der Waals surface area contributed by atoms with Gasteiger partial charge in [0.05, 0.1) is 26.0 Å². The first-order valence-corrected chi connectivity index (χ1v) is 10.2. The van der Waals surface area contributed by atoms with Gasteiger partial charge in [-0.3, -0.25) is 0 Å². The normalized spacial score (nSPS) is 12.6. The first-order chi connectivity index (χ1) is 13.0. The number of benzene rings is 1. The van der Waals surface area contributed by atoms with Crippen molar-refractivity contribution in [2.24, 2.45) is 5.92 Å². The molecule has 2 rings (SSSR count).